The van der Waals surface area contributed by atoms with Gasteiger partial charge in [0.2, 0.25) is 0 Å². The number of carboxylic acids is 1. The monoisotopic (exact) mass is 193 g/mol. The zero-order valence-corrected chi connectivity index (χ0v) is 7.34. The molecule has 2 atom stereocenters. The van der Waals surface area contributed by atoms with Gasteiger partial charge in [-0.05, 0) is 19.0 Å². The van der Waals surface area contributed by atoms with Gasteiger partial charge in [-0.2, -0.15) is 8.78 Å². The lowest BCUT2D eigenvalue weighted by atomic mass is 9.90. The predicted molar refractivity (Wildman–Crippen MR) is 44.3 cm³/mol. The second kappa shape index (κ2) is 5.64. The molecule has 2 unspecified atom stereocenters. The Morgan fingerprint density at radius 1 is 1.62 bits per heavy atom. The highest BCUT2D eigenvalue weighted by Gasteiger charge is 2.24. The van der Waals surface area contributed by atoms with Crippen molar-refractivity contribution in [2.24, 2.45) is 17.6 Å². The van der Waals surface area contributed by atoms with Crippen LogP contribution in [0.5, 0.6) is 0 Å². The van der Waals surface area contributed by atoms with Crippen molar-refractivity contribution >= 4 is 5.97 Å². The van der Waals surface area contributed by atoms with Crippen LogP contribution in [0.2, 0.25) is 0 Å². The molecule has 3 N–H and O–H groups in total. The minimum absolute atomic E-state index is 0.0812. The summed E-state index contributed by atoms with van der Waals surface area (Å²) in [5.41, 5.74) is 5.19. The molecule has 0 aromatic carbocycles. The molecule has 5 heteroatoms. The Labute approximate surface area is 75.2 Å². The van der Waals surface area contributed by atoms with Crippen LogP contribution in [0.25, 0.3) is 0 Å². The third-order valence-electron chi connectivity index (χ3n) is 1.89. The molecule has 0 aromatic rings. The lowest BCUT2D eigenvalue weighted by Crippen LogP contribution is -2.27. The second-order valence-corrected chi connectivity index (χ2v) is 2.71. The average molecular weight is 193 g/mol. The Hall–Kier alpha value is -0.970. The Morgan fingerprint density at radius 3 is 2.38 bits per heavy atom. The summed E-state index contributed by atoms with van der Waals surface area (Å²) in [6.45, 7) is 1.55. The van der Waals surface area contributed by atoms with Crippen molar-refractivity contribution in [2.75, 3.05) is 6.54 Å². The maximum atomic E-state index is 11.8. The van der Waals surface area contributed by atoms with E-state index in [0.29, 0.717) is 12.5 Å². The number of nitrogens with two attached hydrogens (primary N) is 1. The van der Waals surface area contributed by atoms with E-state index in [1.165, 1.54) is 0 Å². The minimum atomic E-state index is -1.88. The minimum Gasteiger partial charge on any atom is -0.481 e. The maximum absolute atomic E-state index is 11.8. The smallest absolute Gasteiger partial charge is 0.307 e. The highest BCUT2D eigenvalue weighted by Crippen LogP contribution is 2.19. The first kappa shape index (κ1) is 12.0. The van der Waals surface area contributed by atoms with Crippen LogP contribution >= 0.6 is 0 Å². The Morgan fingerprint density at radius 2 is 2.15 bits per heavy atom. The topological polar surface area (TPSA) is 63.3 Å². The number of rotatable bonds is 5. The Bertz CT molecular complexity index is 202. The Balaban J connectivity index is 4.53. The van der Waals surface area contributed by atoms with Crippen molar-refractivity contribution in [3.8, 4) is 0 Å². The quantitative estimate of drug-likeness (QED) is 0.694. The van der Waals surface area contributed by atoms with Crippen molar-refractivity contribution < 1.29 is 18.7 Å². The van der Waals surface area contributed by atoms with Gasteiger partial charge in [-0.3, -0.25) is 4.79 Å². The fraction of sp³-hybridized carbons (Fsp3) is 0.625. The molecule has 0 heterocycles. The van der Waals surface area contributed by atoms with Gasteiger partial charge in [0.05, 0.1) is 5.92 Å². The number of hydrogen-bond acceptors (Lipinski definition) is 2. The summed E-state index contributed by atoms with van der Waals surface area (Å²) in [6.07, 6.45) is -0.973. The third kappa shape index (κ3) is 3.98. The van der Waals surface area contributed by atoms with Crippen LogP contribution in [0.4, 0.5) is 8.78 Å². The number of carbonyl (C=O) groups is 1. The van der Waals surface area contributed by atoms with Crippen molar-refractivity contribution in [1.82, 2.24) is 0 Å². The first-order valence-corrected chi connectivity index (χ1v) is 3.98. The third-order valence-corrected chi connectivity index (χ3v) is 1.89. The van der Waals surface area contributed by atoms with E-state index in [0.717, 1.165) is 0 Å². The number of aliphatic carboxylic acids is 1. The van der Waals surface area contributed by atoms with Crippen LogP contribution < -0.4 is 5.73 Å². The number of carboxylic acid groups (broad SMARTS) is 1. The van der Waals surface area contributed by atoms with E-state index < -0.39 is 23.9 Å². The molecule has 0 radical (unpaired) electrons. The largest absolute Gasteiger partial charge is 0.481 e. The standard InChI is InChI=1S/C8H13F2NO2/c1-2-6(8(12)13)5(4-11)3-7(9)10/h3,5-6H,2,4,11H2,1H3,(H,12,13). The van der Waals surface area contributed by atoms with Gasteiger partial charge in [-0.1, -0.05) is 6.92 Å². The summed E-state index contributed by atoms with van der Waals surface area (Å²) in [6, 6.07) is 0. The molecule has 0 aliphatic heterocycles. The van der Waals surface area contributed by atoms with Gasteiger partial charge in [0.15, 0.2) is 0 Å². The van der Waals surface area contributed by atoms with E-state index in [9.17, 15) is 13.6 Å². The van der Waals surface area contributed by atoms with Crippen LogP contribution in [0, 0.1) is 11.8 Å². The summed E-state index contributed by atoms with van der Waals surface area (Å²) >= 11 is 0. The molecule has 0 bridgehead atoms. The molecule has 0 saturated heterocycles. The maximum Gasteiger partial charge on any atom is 0.307 e. The van der Waals surface area contributed by atoms with Gasteiger partial charge in [0, 0.05) is 5.92 Å². The SMILES string of the molecule is CCC(C(=O)O)C(C=C(F)F)CN. The zero-order chi connectivity index (χ0) is 10.4. The van der Waals surface area contributed by atoms with Gasteiger partial charge in [0.1, 0.15) is 0 Å². The van der Waals surface area contributed by atoms with Crippen LogP contribution in [-0.4, -0.2) is 17.6 Å². The van der Waals surface area contributed by atoms with Gasteiger partial charge < -0.3 is 10.8 Å². The fourth-order valence-electron chi connectivity index (χ4n) is 1.17. The Kier molecular flexibility index (Phi) is 5.22. The van der Waals surface area contributed by atoms with Gasteiger partial charge in [-0.25, -0.2) is 0 Å². The summed E-state index contributed by atoms with van der Waals surface area (Å²) in [5, 5.41) is 8.66. The van der Waals surface area contributed by atoms with Gasteiger partial charge in [0.25, 0.3) is 6.08 Å². The van der Waals surface area contributed by atoms with Crippen LogP contribution in [-0.2, 0) is 4.79 Å². The van der Waals surface area contributed by atoms with Crippen LogP contribution in [0.1, 0.15) is 13.3 Å². The molecule has 0 amide bonds. The van der Waals surface area contributed by atoms with E-state index in [1.54, 1.807) is 6.92 Å². The summed E-state index contributed by atoms with van der Waals surface area (Å²) in [7, 11) is 0. The van der Waals surface area contributed by atoms with E-state index in [1.807, 2.05) is 0 Å². The molecule has 13 heavy (non-hydrogen) atoms. The van der Waals surface area contributed by atoms with E-state index in [2.05, 4.69) is 0 Å². The molecular weight excluding hydrogens is 180 g/mol. The summed E-state index contributed by atoms with van der Waals surface area (Å²) in [5.74, 6) is -2.70. The van der Waals surface area contributed by atoms with E-state index in [-0.39, 0.29) is 6.54 Å². The zero-order valence-electron chi connectivity index (χ0n) is 7.34. The van der Waals surface area contributed by atoms with Gasteiger partial charge in [-0.15, -0.1) is 0 Å². The van der Waals surface area contributed by atoms with Crippen LogP contribution in [0.15, 0.2) is 12.2 Å². The molecule has 0 spiro atoms. The molecule has 0 aliphatic rings. The van der Waals surface area contributed by atoms with Crippen LogP contribution in [0.3, 0.4) is 0 Å². The van der Waals surface area contributed by atoms with Crippen molar-refractivity contribution in [1.29, 1.82) is 0 Å². The highest BCUT2D eigenvalue weighted by atomic mass is 19.3. The molecule has 0 aromatic heterocycles. The predicted octanol–water partition coefficient (Wildman–Crippen LogP) is 1.45. The average Bonchev–Trinajstić information content (AvgIpc) is 2.02. The fourth-order valence-corrected chi connectivity index (χ4v) is 1.17. The van der Waals surface area contributed by atoms with Crippen molar-refractivity contribution in [3.63, 3.8) is 0 Å². The molecule has 0 saturated carbocycles. The highest BCUT2D eigenvalue weighted by molar-refractivity contribution is 5.70. The summed E-state index contributed by atoms with van der Waals surface area (Å²) in [4.78, 5) is 10.6. The van der Waals surface area contributed by atoms with E-state index >= 15 is 0 Å². The summed E-state index contributed by atoms with van der Waals surface area (Å²) < 4.78 is 23.7. The molecule has 76 valence electrons. The lowest BCUT2D eigenvalue weighted by molar-refractivity contribution is -0.143. The van der Waals surface area contributed by atoms with E-state index in [4.69, 9.17) is 10.8 Å². The van der Waals surface area contributed by atoms with Crippen molar-refractivity contribution in [3.05, 3.63) is 12.2 Å². The number of hydrogen-bond donors (Lipinski definition) is 2. The molecule has 0 aliphatic carbocycles. The lowest BCUT2D eigenvalue weighted by Gasteiger charge is -2.16. The van der Waals surface area contributed by atoms with Gasteiger partial charge >= 0.3 is 5.97 Å². The first-order valence-electron chi connectivity index (χ1n) is 3.98. The molecule has 0 rings (SSSR count). The number of halogens is 2. The van der Waals surface area contributed by atoms with Crippen molar-refractivity contribution in [2.45, 2.75) is 13.3 Å². The second-order valence-electron chi connectivity index (χ2n) is 2.71. The normalized spacial score (nSPS) is 14.8. The molecule has 0 fully saturated rings. The first-order chi connectivity index (χ1) is 6.02. The molecular formula is C8H13F2NO2. The molecule has 3 nitrogen and oxygen atoms in total.